The first-order valence-corrected chi connectivity index (χ1v) is 9.60. The lowest BCUT2D eigenvalue weighted by Gasteiger charge is -2.35. The molecule has 0 unspecified atom stereocenters. The van der Waals surface area contributed by atoms with Crippen molar-refractivity contribution < 1.29 is 9.59 Å². The summed E-state index contributed by atoms with van der Waals surface area (Å²) in [5.74, 6) is 0.284. The molecular formula is C22H29N3O2. The predicted octanol–water partition coefficient (Wildman–Crippen LogP) is 2.70. The van der Waals surface area contributed by atoms with Gasteiger partial charge in [-0.3, -0.25) is 9.59 Å². The summed E-state index contributed by atoms with van der Waals surface area (Å²) in [6.07, 6.45) is 0.857. The van der Waals surface area contributed by atoms with Crippen LogP contribution in [0, 0.1) is 27.7 Å². The zero-order valence-corrected chi connectivity index (χ0v) is 16.8. The molecule has 0 bridgehead atoms. The molecule has 2 amide bonds. The second-order valence-electron chi connectivity index (χ2n) is 7.65. The van der Waals surface area contributed by atoms with Crippen LogP contribution in [0.4, 0.5) is 0 Å². The lowest BCUT2D eigenvalue weighted by atomic mass is 10.0. The van der Waals surface area contributed by atoms with Gasteiger partial charge in [-0.15, -0.1) is 0 Å². The van der Waals surface area contributed by atoms with Crippen molar-refractivity contribution >= 4 is 11.8 Å². The molecular weight excluding hydrogens is 338 g/mol. The minimum absolute atomic E-state index is 0.138. The maximum Gasteiger partial charge on any atom is 0.227 e. The summed E-state index contributed by atoms with van der Waals surface area (Å²) in [5, 5.41) is 0. The fourth-order valence-electron chi connectivity index (χ4n) is 3.71. The first-order chi connectivity index (χ1) is 12.8. The molecule has 144 valence electrons. The molecule has 1 saturated heterocycles. The molecule has 0 spiro atoms. The number of hydrogen-bond acceptors (Lipinski definition) is 2. The van der Waals surface area contributed by atoms with Gasteiger partial charge in [-0.05, 0) is 50.5 Å². The molecule has 0 radical (unpaired) electrons. The van der Waals surface area contributed by atoms with Crippen LogP contribution in [0.15, 0.2) is 24.3 Å². The van der Waals surface area contributed by atoms with Crippen molar-refractivity contribution in [3.05, 3.63) is 57.9 Å². The van der Waals surface area contributed by atoms with Gasteiger partial charge in [0, 0.05) is 37.6 Å². The summed E-state index contributed by atoms with van der Waals surface area (Å²) in [7, 11) is 0. The highest BCUT2D eigenvalue weighted by atomic mass is 16.2. The highest BCUT2D eigenvalue weighted by Crippen LogP contribution is 2.15. The van der Waals surface area contributed by atoms with E-state index < -0.39 is 0 Å². The zero-order chi connectivity index (χ0) is 19.6. The van der Waals surface area contributed by atoms with Gasteiger partial charge >= 0.3 is 0 Å². The van der Waals surface area contributed by atoms with Gasteiger partial charge in [0.05, 0.1) is 12.8 Å². The maximum absolute atomic E-state index is 12.7. The topological polar surface area (TPSA) is 56.4 Å². The van der Waals surface area contributed by atoms with Crippen molar-refractivity contribution in [2.45, 2.75) is 40.5 Å². The average Bonchev–Trinajstić information content (AvgIpc) is 2.95. The van der Waals surface area contributed by atoms with E-state index in [0.717, 1.165) is 28.1 Å². The smallest absolute Gasteiger partial charge is 0.227 e. The molecule has 5 heteroatoms. The first-order valence-electron chi connectivity index (χ1n) is 9.60. The Hall–Kier alpha value is -2.56. The summed E-state index contributed by atoms with van der Waals surface area (Å²) in [4.78, 5) is 32.3. The Bertz CT molecular complexity index is 845. The number of aromatic amines is 1. The third kappa shape index (κ3) is 4.59. The second-order valence-corrected chi connectivity index (χ2v) is 7.65. The number of benzene rings is 1. The highest BCUT2D eigenvalue weighted by Gasteiger charge is 2.25. The number of piperazine rings is 1. The molecule has 2 aromatic rings. The molecule has 0 saturated carbocycles. The Labute approximate surface area is 161 Å². The van der Waals surface area contributed by atoms with Gasteiger partial charge in [0.1, 0.15) is 0 Å². The Kier molecular flexibility index (Phi) is 5.68. The number of carbonyl (C=O) groups is 2. The number of aryl methyl sites for hydroxylation is 4. The van der Waals surface area contributed by atoms with Crippen LogP contribution >= 0.6 is 0 Å². The maximum atomic E-state index is 12.7. The SMILES string of the molecule is Cc1ccc(C)c(CC(=O)N2CCN(C(=O)Cc3cc(C)[nH]c3C)CC2)c1. The van der Waals surface area contributed by atoms with Gasteiger partial charge in [-0.1, -0.05) is 23.8 Å². The van der Waals surface area contributed by atoms with Crippen molar-refractivity contribution in [2.75, 3.05) is 26.2 Å². The molecule has 1 N–H and O–H groups in total. The van der Waals surface area contributed by atoms with E-state index in [1.54, 1.807) is 0 Å². The van der Waals surface area contributed by atoms with Crippen LogP contribution in [-0.4, -0.2) is 52.8 Å². The van der Waals surface area contributed by atoms with Crippen LogP contribution < -0.4 is 0 Å². The van der Waals surface area contributed by atoms with Crippen molar-refractivity contribution in [1.29, 1.82) is 0 Å². The molecule has 1 aliphatic rings. The normalized spacial score (nSPS) is 14.5. The van der Waals surface area contributed by atoms with Crippen molar-refractivity contribution in [1.82, 2.24) is 14.8 Å². The van der Waals surface area contributed by atoms with E-state index in [1.165, 1.54) is 5.56 Å². The summed E-state index contributed by atoms with van der Waals surface area (Å²) in [6.45, 7) is 10.5. The van der Waals surface area contributed by atoms with Crippen LogP contribution in [0.5, 0.6) is 0 Å². The number of nitrogens with zero attached hydrogens (tertiary/aromatic N) is 2. The minimum Gasteiger partial charge on any atom is -0.362 e. The van der Waals surface area contributed by atoms with Crippen LogP contribution in [0.3, 0.4) is 0 Å². The van der Waals surface area contributed by atoms with E-state index in [2.05, 4.69) is 23.2 Å². The van der Waals surface area contributed by atoms with Gasteiger partial charge in [0.25, 0.3) is 0 Å². The number of rotatable bonds is 4. The van der Waals surface area contributed by atoms with E-state index in [9.17, 15) is 9.59 Å². The third-order valence-corrected chi connectivity index (χ3v) is 5.43. The monoisotopic (exact) mass is 367 g/mol. The first kappa shape index (κ1) is 19.2. The van der Waals surface area contributed by atoms with Crippen LogP contribution in [0.1, 0.15) is 33.6 Å². The highest BCUT2D eigenvalue weighted by molar-refractivity contribution is 5.81. The fourth-order valence-corrected chi connectivity index (χ4v) is 3.71. The van der Waals surface area contributed by atoms with Gasteiger partial charge < -0.3 is 14.8 Å². The number of aromatic nitrogens is 1. The van der Waals surface area contributed by atoms with Crippen LogP contribution in [-0.2, 0) is 22.4 Å². The summed E-state index contributed by atoms with van der Waals surface area (Å²) in [5.41, 5.74) is 6.62. The molecule has 1 aromatic carbocycles. The minimum atomic E-state index is 0.138. The molecule has 1 aromatic heterocycles. The molecule has 27 heavy (non-hydrogen) atoms. The number of nitrogens with one attached hydrogen (secondary N) is 1. The van der Waals surface area contributed by atoms with Crippen molar-refractivity contribution in [3.8, 4) is 0 Å². The van der Waals surface area contributed by atoms with Gasteiger partial charge in [0.2, 0.25) is 11.8 Å². The van der Waals surface area contributed by atoms with Crippen LogP contribution in [0.25, 0.3) is 0 Å². The molecule has 1 aliphatic heterocycles. The van der Waals surface area contributed by atoms with Gasteiger partial charge in [-0.2, -0.15) is 0 Å². The van der Waals surface area contributed by atoms with Gasteiger partial charge in [0.15, 0.2) is 0 Å². The quantitative estimate of drug-likeness (QED) is 0.903. The Balaban J connectivity index is 1.53. The van der Waals surface area contributed by atoms with Gasteiger partial charge in [-0.25, -0.2) is 0 Å². The lowest BCUT2D eigenvalue weighted by Crippen LogP contribution is -2.51. The van der Waals surface area contributed by atoms with E-state index in [-0.39, 0.29) is 11.8 Å². The third-order valence-electron chi connectivity index (χ3n) is 5.43. The molecule has 3 rings (SSSR count). The Morgan fingerprint density at radius 3 is 1.93 bits per heavy atom. The second kappa shape index (κ2) is 7.99. The Morgan fingerprint density at radius 1 is 0.852 bits per heavy atom. The molecule has 0 aliphatic carbocycles. The van der Waals surface area contributed by atoms with E-state index in [4.69, 9.17) is 0 Å². The van der Waals surface area contributed by atoms with E-state index >= 15 is 0 Å². The number of carbonyl (C=O) groups excluding carboxylic acids is 2. The predicted molar refractivity (Wildman–Crippen MR) is 107 cm³/mol. The number of H-pyrrole nitrogens is 1. The standard InChI is InChI=1S/C22H29N3O2/c1-15-5-6-16(2)19(11-15)13-21(26)24-7-9-25(10-8-24)22(27)14-20-12-17(3)23-18(20)4/h5-6,11-12,23H,7-10,13-14H2,1-4H3. The van der Waals surface area contributed by atoms with Crippen molar-refractivity contribution in [3.63, 3.8) is 0 Å². The fraction of sp³-hybridized carbons (Fsp3) is 0.455. The number of amides is 2. The largest absolute Gasteiger partial charge is 0.362 e. The zero-order valence-electron chi connectivity index (χ0n) is 16.8. The van der Waals surface area contributed by atoms with E-state index in [0.29, 0.717) is 39.0 Å². The lowest BCUT2D eigenvalue weighted by molar-refractivity contribution is -0.138. The average molecular weight is 367 g/mol. The molecule has 0 atom stereocenters. The Morgan fingerprint density at radius 2 is 1.41 bits per heavy atom. The number of hydrogen-bond donors (Lipinski definition) is 1. The summed E-state index contributed by atoms with van der Waals surface area (Å²) >= 11 is 0. The molecule has 1 fully saturated rings. The summed E-state index contributed by atoms with van der Waals surface area (Å²) in [6, 6.07) is 8.27. The van der Waals surface area contributed by atoms with Crippen molar-refractivity contribution in [2.24, 2.45) is 0 Å². The van der Waals surface area contributed by atoms with E-state index in [1.807, 2.05) is 43.6 Å². The molecule has 5 nitrogen and oxygen atoms in total. The summed E-state index contributed by atoms with van der Waals surface area (Å²) < 4.78 is 0. The van der Waals surface area contributed by atoms with Crippen LogP contribution in [0.2, 0.25) is 0 Å². The molecule has 2 heterocycles.